The zero-order chi connectivity index (χ0) is 27.4. The lowest BCUT2D eigenvalue weighted by Crippen LogP contribution is -2.29. The van der Waals surface area contributed by atoms with E-state index < -0.39 is 0 Å². The monoisotopic (exact) mass is 509 g/mol. The number of aryl methyl sites for hydroxylation is 3. The van der Waals surface area contributed by atoms with Gasteiger partial charge in [0.05, 0.1) is 22.9 Å². The van der Waals surface area contributed by atoms with Crippen LogP contribution >= 0.6 is 0 Å². The van der Waals surface area contributed by atoms with E-state index in [4.69, 9.17) is 4.74 Å². The Kier molecular flexibility index (Phi) is 7.78. The van der Waals surface area contributed by atoms with Crippen molar-refractivity contribution in [1.82, 2.24) is 9.55 Å². The normalized spacial score (nSPS) is 13.4. The molecular formula is C32H32FN3O2. The molecule has 0 atom stereocenters. The second-order valence-electron chi connectivity index (χ2n) is 10.3. The first-order valence-electron chi connectivity index (χ1n) is 12.7. The molecule has 0 fully saturated rings. The first-order chi connectivity index (χ1) is 18.1. The van der Waals surface area contributed by atoms with E-state index in [0.717, 1.165) is 11.3 Å². The minimum Gasteiger partial charge on any atom is -0.488 e. The summed E-state index contributed by atoms with van der Waals surface area (Å²) < 4.78 is 22.7. The predicted octanol–water partition coefficient (Wildman–Crippen LogP) is 6.82. The van der Waals surface area contributed by atoms with Crippen LogP contribution in [0.25, 0.3) is 16.7 Å². The van der Waals surface area contributed by atoms with Crippen molar-refractivity contribution >= 4 is 5.57 Å². The molecule has 0 aliphatic heterocycles. The van der Waals surface area contributed by atoms with Crippen molar-refractivity contribution in [2.24, 2.45) is 0 Å². The zero-order valence-electron chi connectivity index (χ0n) is 22.5. The van der Waals surface area contributed by atoms with Crippen molar-refractivity contribution in [1.29, 1.82) is 5.26 Å². The highest BCUT2D eigenvalue weighted by atomic mass is 19.1. The molecule has 0 radical (unpaired) electrons. The van der Waals surface area contributed by atoms with Gasteiger partial charge in [-0.3, -0.25) is 9.36 Å². The maximum atomic E-state index is 15.1. The van der Waals surface area contributed by atoms with E-state index in [1.54, 1.807) is 35.8 Å². The molecule has 3 aromatic rings. The Morgan fingerprint density at radius 3 is 2.58 bits per heavy atom. The molecule has 1 aliphatic rings. The fourth-order valence-corrected chi connectivity index (χ4v) is 4.60. The minimum absolute atomic E-state index is 0.147. The van der Waals surface area contributed by atoms with Gasteiger partial charge in [-0.15, -0.1) is 0 Å². The van der Waals surface area contributed by atoms with Gasteiger partial charge in [0.15, 0.2) is 0 Å². The number of nitriles is 1. The Balaban J connectivity index is 1.58. The van der Waals surface area contributed by atoms with Gasteiger partial charge in [0, 0.05) is 6.54 Å². The summed E-state index contributed by atoms with van der Waals surface area (Å²) in [6.07, 6.45) is 8.73. The van der Waals surface area contributed by atoms with Crippen LogP contribution < -0.4 is 5.56 Å². The average Bonchev–Trinajstić information content (AvgIpc) is 3.08. The number of hydrogen-bond donors (Lipinski definition) is 0. The zero-order valence-corrected chi connectivity index (χ0v) is 22.5. The van der Waals surface area contributed by atoms with Gasteiger partial charge in [0.2, 0.25) is 0 Å². The van der Waals surface area contributed by atoms with Gasteiger partial charge >= 0.3 is 0 Å². The van der Waals surface area contributed by atoms with Gasteiger partial charge in [0.25, 0.3) is 5.56 Å². The Morgan fingerprint density at radius 2 is 1.87 bits per heavy atom. The molecule has 6 heteroatoms. The Morgan fingerprint density at radius 1 is 1.11 bits per heavy atom. The van der Waals surface area contributed by atoms with Crippen molar-refractivity contribution < 1.29 is 9.13 Å². The van der Waals surface area contributed by atoms with Gasteiger partial charge in [-0.2, -0.15) is 5.26 Å². The standard InChI is InChI=1S/C32H32FN3O2/c1-21-30(24-10-8-11-27(16-15-24)38-32(3,4)5)31(37)36(22(2)35-21)18-17-23-13-14-25(19-29(23)33)28-12-7-6-9-26(28)20-34/h6-7,9-16,19H,8,17-18H2,1-5H3. The van der Waals surface area contributed by atoms with Crippen molar-refractivity contribution in [3.05, 3.63) is 117 Å². The fraction of sp³-hybridized carbons (Fsp3) is 0.281. The molecular weight excluding hydrogens is 477 g/mol. The highest BCUT2D eigenvalue weighted by Crippen LogP contribution is 2.26. The molecule has 0 bridgehead atoms. The van der Waals surface area contributed by atoms with Gasteiger partial charge in [-0.25, -0.2) is 9.37 Å². The first kappa shape index (κ1) is 26.8. The summed E-state index contributed by atoms with van der Waals surface area (Å²) in [7, 11) is 0. The summed E-state index contributed by atoms with van der Waals surface area (Å²) in [5, 5.41) is 9.38. The lowest BCUT2D eigenvalue weighted by molar-refractivity contribution is 0.0596. The van der Waals surface area contributed by atoms with Crippen LogP contribution in [-0.4, -0.2) is 15.2 Å². The number of nitrogens with zero attached hydrogens (tertiary/aromatic N) is 3. The number of rotatable bonds is 6. The molecule has 4 rings (SSSR count). The van der Waals surface area contributed by atoms with Crippen LogP contribution in [0.15, 0.2) is 77.3 Å². The molecule has 0 saturated heterocycles. The summed E-state index contributed by atoms with van der Waals surface area (Å²) in [4.78, 5) is 18.3. The number of hydrogen-bond acceptors (Lipinski definition) is 4. The fourth-order valence-electron chi connectivity index (χ4n) is 4.60. The third-order valence-corrected chi connectivity index (χ3v) is 6.35. The molecule has 0 saturated carbocycles. The van der Waals surface area contributed by atoms with E-state index in [-0.39, 0.29) is 17.0 Å². The molecule has 0 N–H and O–H groups in total. The summed E-state index contributed by atoms with van der Waals surface area (Å²) in [6.45, 7) is 9.92. The van der Waals surface area contributed by atoms with Crippen molar-refractivity contribution in [3.63, 3.8) is 0 Å². The van der Waals surface area contributed by atoms with Crippen LogP contribution in [0.1, 0.15) is 55.4 Å². The van der Waals surface area contributed by atoms with Gasteiger partial charge < -0.3 is 4.74 Å². The highest BCUT2D eigenvalue weighted by molar-refractivity contribution is 5.76. The number of halogens is 1. The number of allylic oxidation sites excluding steroid dienone is 5. The molecule has 1 aromatic heterocycles. The van der Waals surface area contributed by atoms with Crippen LogP contribution in [0.2, 0.25) is 0 Å². The second-order valence-corrected chi connectivity index (χ2v) is 10.3. The lowest BCUT2D eigenvalue weighted by atomic mass is 9.98. The Hall–Kier alpha value is -4.24. The van der Waals surface area contributed by atoms with Crippen LogP contribution in [0.3, 0.4) is 0 Å². The average molecular weight is 510 g/mol. The summed E-state index contributed by atoms with van der Waals surface area (Å²) in [5.74, 6) is 0.982. The van der Waals surface area contributed by atoms with E-state index in [2.05, 4.69) is 11.1 Å². The van der Waals surface area contributed by atoms with Gasteiger partial charge in [0.1, 0.15) is 23.0 Å². The molecule has 1 heterocycles. The molecule has 194 valence electrons. The molecule has 1 aliphatic carbocycles. The molecule has 0 unspecified atom stereocenters. The number of ether oxygens (including phenoxy) is 1. The molecule has 5 nitrogen and oxygen atoms in total. The second kappa shape index (κ2) is 11.0. The number of aromatic nitrogens is 2. The van der Waals surface area contributed by atoms with E-state index in [0.29, 0.717) is 58.7 Å². The van der Waals surface area contributed by atoms with Gasteiger partial charge in [-0.05, 0) is 94.0 Å². The van der Waals surface area contributed by atoms with Crippen LogP contribution in [0.4, 0.5) is 4.39 Å². The minimum atomic E-state index is -0.367. The van der Waals surface area contributed by atoms with Crippen LogP contribution in [-0.2, 0) is 17.7 Å². The highest BCUT2D eigenvalue weighted by Gasteiger charge is 2.18. The summed E-state index contributed by atoms with van der Waals surface area (Å²) in [5.41, 5.74) is 3.86. The third kappa shape index (κ3) is 6.00. The van der Waals surface area contributed by atoms with E-state index >= 15 is 4.39 Å². The van der Waals surface area contributed by atoms with Crippen LogP contribution in [0.5, 0.6) is 0 Å². The largest absolute Gasteiger partial charge is 0.488 e. The molecule has 0 amide bonds. The number of benzene rings is 2. The Bertz CT molecular complexity index is 1560. The van der Waals surface area contributed by atoms with E-state index in [1.165, 1.54) is 6.07 Å². The van der Waals surface area contributed by atoms with Crippen molar-refractivity contribution in [2.45, 2.75) is 59.6 Å². The summed E-state index contributed by atoms with van der Waals surface area (Å²) in [6, 6.07) is 14.3. The first-order valence-corrected chi connectivity index (χ1v) is 12.7. The lowest BCUT2D eigenvalue weighted by Gasteiger charge is -2.21. The Labute approximate surface area is 223 Å². The molecule has 0 spiro atoms. The topological polar surface area (TPSA) is 67.9 Å². The van der Waals surface area contributed by atoms with Crippen molar-refractivity contribution in [2.75, 3.05) is 0 Å². The molecule has 38 heavy (non-hydrogen) atoms. The van der Waals surface area contributed by atoms with Gasteiger partial charge in [-0.1, -0.05) is 42.5 Å². The van der Waals surface area contributed by atoms with Crippen molar-refractivity contribution in [3.8, 4) is 17.2 Å². The third-order valence-electron chi connectivity index (χ3n) is 6.35. The predicted molar refractivity (Wildman–Crippen MR) is 149 cm³/mol. The smallest absolute Gasteiger partial charge is 0.261 e. The maximum Gasteiger partial charge on any atom is 0.261 e. The maximum absolute atomic E-state index is 15.1. The molecule has 2 aromatic carbocycles. The van der Waals surface area contributed by atoms with E-state index in [1.807, 2.05) is 64.1 Å². The summed E-state index contributed by atoms with van der Waals surface area (Å²) >= 11 is 0. The SMILES string of the molecule is Cc1nc(C)n(CCc2ccc(-c3ccccc3C#N)cc2F)c(=O)c1C1=CCC=C(OC(C)(C)C)C=C1. The quantitative estimate of drug-likeness (QED) is 0.366. The van der Waals surface area contributed by atoms with E-state index in [9.17, 15) is 10.1 Å². The van der Waals surface area contributed by atoms with Crippen LogP contribution in [0, 0.1) is 31.0 Å².